The monoisotopic (exact) mass is 385 g/mol. The molecule has 5 nitrogen and oxygen atoms in total. The SMILES string of the molecule is COCC(Oc1ccc2c(-c3ccccc3C)cnc(Cl)c2c1)C(=O)OC. The zero-order chi connectivity index (χ0) is 19.4. The van der Waals surface area contributed by atoms with Crippen LogP contribution in [-0.4, -0.2) is 37.9 Å². The fourth-order valence-corrected chi connectivity index (χ4v) is 3.15. The number of carbonyl (C=O) groups is 1. The lowest BCUT2D eigenvalue weighted by atomic mass is 9.97. The number of hydrogen-bond acceptors (Lipinski definition) is 5. The van der Waals surface area contributed by atoms with Gasteiger partial charge >= 0.3 is 5.97 Å². The number of carbonyl (C=O) groups excluding carboxylic acids is 1. The molecular formula is C21H20ClNO4. The van der Waals surface area contributed by atoms with Crippen LogP contribution in [0.1, 0.15) is 5.56 Å². The van der Waals surface area contributed by atoms with Crippen molar-refractivity contribution in [3.63, 3.8) is 0 Å². The predicted molar refractivity (Wildman–Crippen MR) is 105 cm³/mol. The molecule has 140 valence electrons. The van der Waals surface area contributed by atoms with E-state index in [0.717, 1.165) is 27.5 Å². The summed E-state index contributed by atoms with van der Waals surface area (Å²) in [6, 6.07) is 13.6. The summed E-state index contributed by atoms with van der Waals surface area (Å²) >= 11 is 6.33. The molecule has 0 aliphatic carbocycles. The number of fused-ring (bicyclic) bond motifs is 1. The first-order chi connectivity index (χ1) is 13.0. The van der Waals surface area contributed by atoms with E-state index in [2.05, 4.69) is 24.0 Å². The number of halogens is 1. The molecule has 1 heterocycles. The van der Waals surface area contributed by atoms with E-state index in [-0.39, 0.29) is 6.61 Å². The van der Waals surface area contributed by atoms with Gasteiger partial charge in [0, 0.05) is 24.3 Å². The first kappa shape index (κ1) is 19.1. The molecule has 0 radical (unpaired) electrons. The topological polar surface area (TPSA) is 57.7 Å². The summed E-state index contributed by atoms with van der Waals surface area (Å²) in [4.78, 5) is 16.2. The van der Waals surface area contributed by atoms with Crippen LogP contribution in [0.3, 0.4) is 0 Å². The second kappa shape index (κ2) is 8.37. The van der Waals surface area contributed by atoms with Gasteiger partial charge in [0.15, 0.2) is 0 Å². The number of esters is 1. The molecule has 3 aromatic rings. The van der Waals surface area contributed by atoms with Crippen LogP contribution in [0.2, 0.25) is 5.15 Å². The van der Waals surface area contributed by atoms with Crippen LogP contribution in [0.5, 0.6) is 5.75 Å². The maximum atomic E-state index is 11.8. The van der Waals surface area contributed by atoms with Gasteiger partial charge in [0.05, 0.1) is 13.7 Å². The lowest BCUT2D eigenvalue weighted by Crippen LogP contribution is -2.32. The Hall–Kier alpha value is -2.63. The molecule has 2 aromatic carbocycles. The quantitative estimate of drug-likeness (QED) is 0.464. The van der Waals surface area contributed by atoms with Crippen LogP contribution in [0.4, 0.5) is 0 Å². The molecule has 1 aromatic heterocycles. The third-order valence-corrected chi connectivity index (χ3v) is 4.61. The summed E-state index contributed by atoms with van der Waals surface area (Å²) in [6.45, 7) is 2.14. The van der Waals surface area contributed by atoms with E-state index in [1.54, 1.807) is 18.3 Å². The first-order valence-electron chi connectivity index (χ1n) is 8.43. The van der Waals surface area contributed by atoms with Crippen molar-refractivity contribution >= 4 is 28.3 Å². The Morgan fingerprint density at radius 1 is 1.11 bits per heavy atom. The van der Waals surface area contributed by atoms with Gasteiger partial charge in [-0.1, -0.05) is 35.9 Å². The fourth-order valence-electron chi connectivity index (χ4n) is 2.95. The van der Waals surface area contributed by atoms with Crippen LogP contribution in [-0.2, 0) is 14.3 Å². The molecule has 3 rings (SSSR count). The van der Waals surface area contributed by atoms with Crippen molar-refractivity contribution in [2.75, 3.05) is 20.8 Å². The van der Waals surface area contributed by atoms with Gasteiger partial charge in [-0.05, 0) is 41.6 Å². The average Bonchev–Trinajstić information content (AvgIpc) is 2.68. The van der Waals surface area contributed by atoms with Crippen LogP contribution in [0.25, 0.3) is 21.9 Å². The van der Waals surface area contributed by atoms with E-state index < -0.39 is 12.1 Å². The summed E-state index contributed by atoms with van der Waals surface area (Å²) in [5, 5.41) is 2.07. The number of ether oxygens (including phenoxy) is 3. The van der Waals surface area contributed by atoms with Crippen LogP contribution in [0.15, 0.2) is 48.7 Å². The van der Waals surface area contributed by atoms with Crippen molar-refractivity contribution in [3.05, 3.63) is 59.4 Å². The zero-order valence-electron chi connectivity index (χ0n) is 15.4. The molecule has 0 N–H and O–H groups in total. The maximum Gasteiger partial charge on any atom is 0.349 e. The lowest BCUT2D eigenvalue weighted by molar-refractivity contribution is -0.151. The predicted octanol–water partition coefficient (Wildman–Crippen LogP) is 4.43. The van der Waals surface area contributed by atoms with Gasteiger partial charge in [-0.3, -0.25) is 0 Å². The second-order valence-electron chi connectivity index (χ2n) is 6.07. The highest BCUT2D eigenvalue weighted by atomic mass is 35.5. The number of hydrogen-bond donors (Lipinski definition) is 0. The summed E-state index contributed by atoms with van der Waals surface area (Å²) in [5.74, 6) is -0.0181. The third kappa shape index (κ3) is 4.04. The number of methoxy groups -OCH3 is 2. The van der Waals surface area contributed by atoms with E-state index in [1.165, 1.54) is 14.2 Å². The standard InChI is InChI=1S/C21H20ClNO4/c1-13-6-4-5-7-15(13)18-11-23-20(22)17-10-14(8-9-16(17)18)27-19(12-25-2)21(24)26-3/h4-11,19H,12H2,1-3H3. The first-order valence-corrected chi connectivity index (χ1v) is 8.80. The van der Waals surface area contributed by atoms with Crippen molar-refractivity contribution in [3.8, 4) is 16.9 Å². The minimum absolute atomic E-state index is 0.0833. The Balaban J connectivity index is 2.04. The van der Waals surface area contributed by atoms with E-state index in [0.29, 0.717) is 10.9 Å². The Labute approximate surface area is 162 Å². The van der Waals surface area contributed by atoms with Gasteiger partial charge in [-0.25, -0.2) is 9.78 Å². The molecular weight excluding hydrogens is 366 g/mol. The van der Waals surface area contributed by atoms with Gasteiger partial charge in [-0.15, -0.1) is 0 Å². The number of aromatic nitrogens is 1. The van der Waals surface area contributed by atoms with Crippen LogP contribution in [0, 0.1) is 6.92 Å². The van der Waals surface area contributed by atoms with Crippen molar-refractivity contribution in [1.82, 2.24) is 4.98 Å². The molecule has 0 spiro atoms. The molecule has 0 bridgehead atoms. The van der Waals surface area contributed by atoms with Crippen molar-refractivity contribution in [2.24, 2.45) is 0 Å². The van der Waals surface area contributed by atoms with E-state index in [9.17, 15) is 4.79 Å². The third-order valence-electron chi connectivity index (χ3n) is 4.31. The molecule has 0 amide bonds. The Morgan fingerprint density at radius 3 is 2.59 bits per heavy atom. The Kier molecular flexibility index (Phi) is 5.94. The molecule has 1 unspecified atom stereocenters. The molecule has 27 heavy (non-hydrogen) atoms. The van der Waals surface area contributed by atoms with Crippen LogP contribution < -0.4 is 4.74 Å². The molecule has 0 fully saturated rings. The van der Waals surface area contributed by atoms with Gasteiger partial charge in [-0.2, -0.15) is 0 Å². The average molecular weight is 386 g/mol. The summed E-state index contributed by atoms with van der Waals surface area (Å²) in [7, 11) is 2.80. The van der Waals surface area contributed by atoms with Gasteiger partial charge in [0.1, 0.15) is 10.9 Å². The van der Waals surface area contributed by atoms with Crippen molar-refractivity contribution in [1.29, 1.82) is 0 Å². The van der Waals surface area contributed by atoms with Crippen molar-refractivity contribution in [2.45, 2.75) is 13.0 Å². The van der Waals surface area contributed by atoms with Gasteiger partial charge in [0.2, 0.25) is 6.10 Å². The van der Waals surface area contributed by atoms with Gasteiger partial charge < -0.3 is 14.2 Å². The minimum atomic E-state index is -0.858. The highest BCUT2D eigenvalue weighted by molar-refractivity contribution is 6.34. The Morgan fingerprint density at radius 2 is 1.89 bits per heavy atom. The normalized spacial score (nSPS) is 12.0. The van der Waals surface area contributed by atoms with E-state index in [1.807, 2.05) is 18.2 Å². The number of aryl methyl sites for hydroxylation is 1. The molecule has 0 saturated carbocycles. The van der Waals surface area contributed by atoms with Crippen LogP contribution >= 0.6 is 11.6 Å². The molecule has 0 aliphatic heterocycles. The fraction of sp³-hybridized carbons (Fsp3) is 0.238. The highest BCUT2D eigenvalue weighted by Gasteiger charge is 2.21. The lowest BCUT2D eigenvalue weighted by Gasteiger charge is -2.17. The zero-order valence-corrected chi connectivity index (χ0v) is 16.1. The maximum absolute atomic E-state index is 11.8. The van der Waals surface area contributed by atoms with E-state index >= 15 is 0 Å². The Bertz CT molecular complexity index is 974. The largest absolute Gasteiger partial charge is 0.476 e. The summed E-state index contributed by atoms with van der Waals surface area (Å²) < 4.78 is 15.5. The smallest absolute Gasteiger partial charge is 0.349 e. The molecule has 6 heteroatoms. The second-order valence-corrected chi connectivity index (χ2v) is 6.43. The number of rotatable bonds is 6. The van der Waals surface area contributed by atoms with Gasteiger partial charge in [0.25, 0.3) is 0 Å². The minimum Gasteiger partial charge on any atom is -0.476 e. The number of benzene rings is 2. The molecule has 0 saturated heterocycles. The number of pyridine rings is 1. The summed E-state index contributed by atoms with van der Waals surface area (Å²) in [5.41, 5.74) is 3.22. The van der Waals surface area contributed by atoms with Crippen molar-refractivity contribution < 1.29 is 19.0 Å². The molecule has 1 atom stereocenters. The summed E-state index contributed by atoms with van der Waals surface area (Å²) in [6.07, 6.45) is 0.916. The highest BCUT2D eigenvalue weighted by Crippen LogP contribution is 2.35. The number of nitrogens with zero attached hydrogens (tertiary/aromatic N) is 1. The van der Waals surface area contributed by atoms with E-state index in [4.69, 9.17) is 25.8 Å². The molecule has 0 aliphatic rings.